The summed E-state index contributed by atoms with van der Waals surface area (Å²) < 4.78 is 5.30. The molecule has 0 unspecified atom stereocenters. The average molecular weight is 328 g/mol. The van der Waals surface area contributed by atoms with Gasteiger partial charge in [0.1, 0.15) is 11.6 Å². The Morgan fingerprint density at radius 2 is 1.96 bits per heavy atom. The van der Waals surface area contributed by atoms with Gasteiger partial charge in [0.25, 0.3) is 5.91 Å². The lowest BCUT2D eigenvalue weighted by molar-refractivity contribution is 0.0948. The number of anilines is 1. The summed E-state index contributed by atoms with van der Waals surface area (Å²) in [5, 5.41) is 14.0. The van der Waals surface area contributed by atoms with Crippen LogP contribution >= 0.6 is 0 Å². The van der Waals surface area contributed by atoms with E-state index in [-0.39, 0.29) is 5.91 Å². The fourth-order valence-electron chi connectivity index (χ4n) is 2.17. The summed E-state index contributed by atoms with van der Waals surface area (Å²) in [4.78, 5) is 12.1. The number of nitrogens with one attached hydrogen (secondary N) is 2. The van der Waals surface area contributed by atoms with Crippen LogP contribution in [0, 0.1) is 5.92 Å². The maximum absolute atomic E-state index is 12.1. The molecule has 24 heavy (non-hydrogen) atoms. The first-order valence-electron chi connectivity index (χ1n) is 8.08. The average Bonchev–Trinajstić information content (AvgIpc) is 2.60. The van der Waals surface area contributed by atoms with Crippen molar-refractivity contribution >= 4 is 11.7 Å². The van der Waals surface area contributed by atoms with Gasteiger partial charge in [0.05, 0.1) is 7.11 Å². The Balaban J connectivity index is 1.84. The SMILES string of the molecule is COc1ccccc1CCNC(=O)c1ccc(NCC(C)C)nn1. The highest BCUT2D eigenvalue weighted by molar-refractivity contribution is 5.92. The molecule has 1 aromatic carbocycles. The predicted molar refractivity (Wildman–Crippen MR) is 94.4 cm³/mol. The highest BCUT2D eigenvalue weighted by Gasteiger charge is 2.09. The van der Waals surface area contributed by atoms with Crippen LogP contribution in [0.3, 0.4) is 0 Å². The second kappa shape index (κ2) is 8.86. The minimum Gasteiger partial charge on any atom is -0.496 e. The predicted octanol–water partition coefficient (Wildman–Crippen LogP) is 2.53. The van der Waals surface area contributed by atoms with Crippen LogP contribution in [-0.4, -0.2) is 36.3 Å². The maximum Gasteiger partial charge on any atom is 0.271 e. The number of rotatable bonds is 8. The summed E-state index contributed by atoms with van der Waals surface area (Å²) in [5.74, 6) is 1.79. The Kier molecular flexibility index (Phi) is 6.54. The van der Waals surface area contributed by atoms with E-state index in [0.717, 1.165) is 17.9 Å². The molecule has 2 aromatic rings. The van der Waals surface area contributed by atoms with E-state index >= 15 is 0 Å². The Morgan fingerprint density at radius 3 is 2.62 bits per heavy atom. The van der Waals surface area contributed by atoms with Crippen LogP contribution in [0.5, 0.6) is 5.75 Å². The molecule has 0 fully saturated rings. The number of nitrogens with zero attached hydrogens (tertiary/aromatic N) is 2. The van der Waals surface area contributed by atoms with E-state index in [1.807, 2.05) is 24.3 Å². The maximum atomic E-state index is 12.1. The monoisotopic (exact) mass is 328 g/mol. The van der Waals surface area contributed by atoms with Gasteiger partial charge in [-0.1, -0.05) is 32.0 Å². The van der Waals surface area contributed by atoms with Gasteiger partial charge in [0.15, 0.2) is 5.69 Å². The molecule has 6 nitrogen and oxygen atoms in total. The van der Waals surface area contributed by atoms with Crippen LogP contribution in [0.25, 0.3) is 0 Å². The fourth-order valence-corrected chi connectivity index (χ4v) is 2.17. The van der Waals surface area contributed by atoms with Crippen molar-refractivity contribution < 1.29 is 9.53 Å². The number of para-hydroxylation sites is 1. The molecule has 0 aliphatic rings. The van der Waals surface area contributed by atoms with Crippen molar-refractivity contribution in [3.8, 4) is 5.75 Å². The van der Waals surface area contributed by atoms with Gasteiger partial charge in [-0.15, -0.1) is 10.2 Å². The van der Waals surface area contributed by atoms with Gasteiger partial charge in [-0.05, 0) is 36.1 Å². The number of hydrogen-bond donors (Lipinski definition) is 2. The van der Waals surface area contributed by atoms with E-state index in [1.54, 1.807) is 19.2 Å². The highest BCUT2D eigenvalue weighted by atomic mass is 16.5. The molecule has 0 aliphatic heterocycles. The first-order chi connectivity index (χ1) is 11.6. The summed E-state index contributed by atoms with van der Waals surface area (Å²) in [7, 11) is 1.64. The zero-order valence-corrected chi connectivity index (χ0v) is 14.4. The van der Waals surface area contributed by atoms with Crippen molar-refractivity contribution in [3.63, 3.8) is 0 Å². The van der Waals surface area contributed by atoms with Crippen LogP contribution < -0.4 is 15.4 Å². The highest BCUT2D eigenvalue weighted by Crippen LogP contribution is 2.17. The number of methoxy groups -OCH3 is 1. The summed E-state index contributed by atoms with van der Waals surface area (Å²) in [6.07, 6.45) is 0.692. The zero-order chi connectivity index (χ0) is 17.4. The Hall–Kier alpha value is -2.63. The van der Waals surface area contributed by atoms with Crippen molar-refractivity contribution in [2.75, 3.05) is 25.5 Å². The van der Waals surface area contributed by atoms with Crippen LogP contribution in [0.4, 0.5) is 5.82 Å². The number of benzene rings is 1. The van der Waals surface area contributed by atoms with E-state index < -0.39 is 0 Å². The van der Waals surface area contributed by atoms with E-state index in [1.165, 1.54) is 0 Å². The fraction of sp³-hybridized carbons (Fsp3) is 0.389. The van der Waals surface area contributed by atoms with Gasteiger partial charge in [-0.2, -0.15) is 0 Å². The summed E-state index contributed by atoms with van der Waals surface area (Å²) in [6.45, 7) is 5.56. The van der Waals surface area contributed by atoms with Gasteiger partial charge in [0, 0.05) is 13.1 Å². The molecule has 0 radical (unpaired) electrons. The number of aromatic nitrogens is 2. The molecule has 128 valence electrons. The molecule has 0 saturated carbocycles. The molecule has 6 heteroatoms. The van der Waals surface area contributed by atoms with E-state index in [9.17, 15) is 4.79 Å². The van der Waals surface area contributed by atoms with E-state index in [0.29, 0.717) is 30.4 Å². The molecule has 0 saturated heterocycles. The third-order valence-electron chi connectivity index (χ3n) is 3.46. The first-order valence-corrected chi connectivity index (χ1v) is 8.08. The van der Waals surface area contributed by atoms with Crippen molar-refractivity contribution in [3.05, 3.63) is 47.7 Å². The molecule has 0 aliphatic carbocycles. The van der Waals surface area contributed by atoms with Crippen LogP contribution in [0.1, 0.15) is 29.9 Å². The number of ether oxygens (including phenoxy) is 1. The minimum atomic E-state index is -0.229. The minimum absolute atomic E-state index is 0.229. The van der Waals surface area contributed by atoms with Crippen molar-refractivity contribution in [1.82, 2.24) is 15.5 Å². The third-order valence-corrected chi connectivity index (χ3v) is 3.46. The molecule has 1 amide bonds. The lowest BCUT2D eigenvalue weighted by Crippen LogP contribution is -2.27. The zero-order valence-electron chi connectivity index (χ0n) is 14.4. The quantitative estimate of drug-likeness (QED) is 0.779. The summed E-state index contributed by atoms with van der Waals surface area (Å²) in [6, 6.07) is 11.2. The molecule has 2 rings (SSSR count). The van der Waals surface area contributed by atoms with Crippen molar-refractivity contribution in [2.45, 2.75) is 20.3 Å². The standard InChI is InChI=1S/C18H24N4O2/c1-13(2)12-20-17-9-8-15(21-22-17)18(23)19-11-10-14-6-4-5-7-16(14)24-3/h4-9,13H,10-12H2,1-3H3,(H,19,23)(H,20,22). The second-order valence-corrected chi connectivity index (χ2v) is 5.90. The Bertz CT molecular complexity index is 656. The lowest BCUT2D eigenvalue weighted by Gasteiger charge is -2.09. The topological polar surface area (TPSA) is 76.1 Å². The van der Waals surface area contributed by atoms with Gasteiger partial charge in [-0.25, -0.2) is 0 Å². The van der Waals surface area contributed by atoms with Gasteiger partial charge in [0.2, 0.25) is 0 Å². The lowest BCUT2D eigenvalue weighted by atomic mass is 10.1. The van der Waals surface area contributed by atoms with Crippen molar-refractivity contribution in [2.24, 2.45) is 5.92 Å². The summed E-state index contributed by atoms with van der Waals surface area (Å²) in [5.41, 5.74) is 1.37. The third kappa shape index (κ3) is 5.22. The number of hydrogen-bond acceptors (Lipinski definition) is 5. The Morgan fingerprint density at radius 1 is 1.17 bits per heavy atom. The molecule has 0 bridgehead atoms. The van der Waals surface area contributed by atoms with Gasteiger partial charge in [-0.3, -0.25) is 4.79 Å². The molecular formula is C18H24N4O2. The molecular weight excluding hydrogens is 304 g/mol. The Labute approximate surface area is 142 Å². The van der Waals surface area contributed by atoms with E-state index in [4.69, 9.17) is 4.74 Å². The smallest absolute Gasteiger partial charge is 0.271 e. The van der Waals surface area contributed by atoms with Gasteiger partial charge < -0.3 is 15.4 Å². The second-order valence-electron chi connectivity index (χ2n) is 5.90. The van der Waals surface area contributed by atoms with Gasteiger partial charge >= 0.3 is 0 Å². The van der Waals surface area contributed by atoms with Crippen LogP contribution in [-0.2, 0) is 6.42 Å². The number of amides is 1. The largest absolute Gasteiger partial charge is 0.496 e. The molecule has 1 heterocycles. The number of carbonyl (C=O) groups is 1. The van der Waals surface area contributed by atoms with Crippen molar-refractivity contribution in [1.29, 1.82) is 0 Å². The molecule has 0 spiro atoms. The molecule has 1 aromatic heterocycles. The van der Waals surface area contributed by atoms with E-state index in [2.05, 4.69) is 34.7 Å². The normalized spacial score (nSPS) is 10.5. The number of carbonyl (C=O) groups excluding carboxylic acids is 1. The first kappa shape index (κ1) is 17.7. The molecule has 2 N–H and O–H groups in total. The molecule has 0 atom stereocenters. The summed E-state index contributed by atoms with van der Waals surface area (Å²) >= 11 is 0. The van der Waals surface area contributed by atoms with Crippen LogP contribution in [0.2, 0.25) is 0 Å². The van der Waals surface area contributed by atoms with Crippen LogP contribution in [0.15, 0.2) is 36.4 Å².